The van der Waals surface area contributed by atoms with Gasteiger partial charge in [-0.3, -0.25) is 0 Å². The predicted octanol–water partition coefficient (Wildman–Crippen LogP) is -3.65. The molecule has 0 aromatic carbocycles. The molecular formula is C7H6N5O4-. The Morgan fingerprint density at radius 1 is 1.38 bits per heavy atom. The van der Waals surface area contributed by atoms with E-state index in [1.54, 1.807) is 0 Å². The highest BCUT2D eigenvalue weighted by molar-refractivity contribution is 5.20. The molecule has 9 nitrogen and oxygen atoms in total. The number of nitro groups is 1. The van der Waals surface area contributed by atoms with Crippen LogP contribution in [0.25, 0.3) is 5.95 Å². The lowest BCUT2D eigenvalue weighted by molar-refractivity contribution is -0.718. The molecule has 0 bridgehead atoms. The van der Waals surface area contributed by atoms with Gasteiger partial charge in [0.25, 0.3) is 0 Å². The third kappa shape index (κ3) is 1.14. The summed E-state index contributed by atoms with van der Waals surface area (Å²) in [4.78, 5) is 10.0. The quantitative estimate of drug-likeness (QED) is 0.279. The lowest BCUT2D eigenvalue weighted by Crippen LogP contribution is -2.38. The van der Waals surface area contributed by atoms with Gasteiger partial charge in [0.2, 0.25) is 0 Å². The summed E-state index contributed by atoms with van der Waals surface area (Å²) in [6, 6.07) is 0. The van der Waals surface area contributed by atoms with E-state index >= 15 is 0 Å². The van der Waals surface area contributed by atoms with Crippen LogP contribution in [0.2, 0.25) is 0 Å². The summed E-state index contributed by atoms with van der Waals surface area (Å²) in [5.74, 6) is -1.85. The number of hydrogen-bond acceptors (Lipinski definition) is 6. The van der Waals surface area contributed by atoms with Gasteiger partial charge in [0.1, 0.15) is 16.1 Å². The van der Waals surface area contributed by atoms with Crippen molar-refractivity contribution in [3.63, 3.8) is 0 Å². The van der Waals surface area contributed by atoms with Crippen LogP contribution in [0.15, 0.2) is 0 Å². The number of fused-ring (bicyclic) bond motifs is 1. The molecule has 0 aliphatic carbocycles. The molecule has 0 aliphatic rings. The summed E-state index contributed by atoms with van der Waals surface area (Å²) in [5, 5.41) is 39.5. The largest absolute Gasteiger partial charge is 0.882 e. The molecule has 0 amide bonds. The Balaban J connectivity index is 3.01. The molecular weight excluding hydrogens is 218 g/mol. The second kappa shape index (κ2) is 3.02. The van der Waals surface area contributed by atoms with Gasteiger partial charge in [-0.25, -0.2) is 0 Å². The fraction of sp³-hybridized carbons (Fsp3) is 0.286. The summed E-state index contributed by atoms with van der Waals surface area (Å²) in [6.07, 6.45) is 0. The third-order valence-electron chi connectivity index (χ3n) is 2.09. The van der Waals surface area contributed by atoms with Crippen molar-refractivity contribution in [1.29, 1.82) is 0 Å². The van der Waals surface area contributed by atoms with Crippen molar-refractivity contribution in [2.75, 3.05) is 0 Å². The molecule has 9 heteroatoms. The Bertz CT molecular complexity index is 642. The molecule has 2 aromatic rings. The standard InChI is InChI=1S/C7H7N5O4/c1-3-5(7(13)14)10-9-4(2)6(12(15)16)11(10)8-3/h1-2H3,(H-,8,9,13,14)/p-1. The van der Waals surface area contributed by atoms with Gasteiger partial charge in [0.05, 0.1) is 9.26 Å². The zero-order chi connectivity index (χ0) is 12.0. The van der Waals surface area contributed by atoms with E-state index in [0.29, 0.717) is 0 Å². The smallest absolute Gasteiger partial charge is 0.493 e. The molecule has 0 atom stereocenters. The first kappa shape index (κ1) is 10.1. The topological polar surface area (TPSA) is 124 Å². The van der Waals surface area contributed by atoms with Crippen LogP contribution in [-0.2, 0) is 0 Å². The number of aryl methyl sites for hydroxylation is 2. The first-order chi connectivity index (χ1) is 7.43. The highest BCUT2D eigenvalue weighted by Crippen LogP contribution is 2.06. The second-order valence-corrected chi connectivity index (χ2v) is 3.17. The summed E-state index contributed by atoms with van der Waals surface area (Å²) >= 11 is 0. The van der Waals surface area contributed by atoms with Crippen LogP contribution in [0.3, 0.4) is 0 Å². The molecule has 16 heavy (non-hydrogen) atoms. The molecule has 2 heterocycles. The molecule has 0 radical (unpaired) electrons. The van der Waals surface area contributed by atoms with Gasteiger partial charge < -0.3 is 20.3 Å². The lowest BCUT2D eigenvalue weighted by Gasteiger charge is -2.12. The van der Waals surface area contributed by atoms with E-state index in [1.165, 1.54) is 13.8 Å². The van der Waals surface area contributed by atoms with Crippen LogP contribution in [0.5, 0.6) is 0 Å². The van der Waals surface area contributed by atoms with E-state index in [0.717, 1.165) is 9.26 Å². The van der Waals surface area contributed by atoms with E-state index in [2.05, 4.69) is 10.2 Å². The molecule has 84 valence electrons. The van der Waals surface area contributed by atoms with Crippen molar-refractivity contribution in [3.05, 3.63) is 26.9 Å². The second-order valence-electron chi connectivity index (χ2n) is 3.17. The van der Waals surface area contributed by atoms with Crippen LogP contribution >= 0.6 is 0 Å². The van der Waals surface area contributed by atoms with Crippen LogP contribution in [-0.4, -0.2) is 19.8 Å². The van der Waals surface area contributed by atoms with Gasteiger partial charge in [0.15, 0.2) is 0 Å². The average Bonchev–Trinajstić information content (AvgIpc) is 2.55. The van der Waals surface area contributed by atoms with Gasteiger partial charge in [-0.15, -0.1) is 0 Å². The molecule has 0 spiro atoms. The van der Waals surface area contributed by atoms with Gasteiger partial charge in [-0.1, -0.05) is 0 Å². The van der Waals surface area contributed by atoms with Crippen LogP contribution in [0.4, 0.5) is 5.82 Å². The maximum Gasteiger partial charge on any atom is 0.493 e. The minimum atomic E-state index is -1.48. The first-order valence-corrected chi connectivity index (χ1v) is 4.24. The number of nitrogens with zero attached hydrogens (tertiary/aromatic N) is 5. The molecule has 0 saturated carbocycles. The van der Waals surface area contributed by atoms with Gasteiger partial charge in [-0.2, -0.15) is 5.95 Å². The van der Waals surface area contributed by atoms with Gasteiger partial charge in [0, 0.05) is 11.8 Å². The van der Waals surface area contributed by atoms with Gasteiger partial charge >= 0.3 is 11.5 Å². The molecule has 0 N–H and O–H groups in total. The van der Waals surface area contributed by atoms with Crippen LogP contribution in [0, 0.1) is 24.0 Å². The van der Waals surface area contributed by atoms with E-state index in [-0.39, 0.29) is 22.6 Å². The van der Waals surface area contributed by atoms with Crippen LogP contribution < -0.4 is 20.2 Å². The Kier molecular flexibility index (Phi) is 1.90. The molecule has 0 saturated heterocycles. The monoisotopic (exact) mass is 224 g/mol. The maximum absolute atomic E-state index is 10.8. The van der Waals surface area contributed by atoms with Gasteiger partial charge in [-0.05, 0) is 12.0 Å². The summed E-state index contributed by atoms with van der Waals surface area (Å²) in [6.45, 7) is 2.81. The average molecular weight is 224 g/mol. The Morgan fingerprint density at radius 3 is 2.50 bits per heavy atom. The summed E-state index contributed by atoms with van der Waals surface area (Å²) in [5.41, 5.74) is 0.190. The number of hydrogen-bond donors (Lipinski definition) is 0. The SMILES string of the molecule is Cc1nn2c(=C([O-])[O-])c(C)n[n+]2c1[N+](=O)[O-]. The van der Waals surface area contributed by atoms with Crippen LogP contribution in [0.1, 0.15) is 11.4 Å². The normalized spacial score (nSPS) is 10.9. The minimum absolute atomic E-state index is 0.0833. The van der Waals surface area contributed by atoms with Crippen molar-refractivity contribution in [3.8, 4) is 0 Å². The third-order valence-corrected chi connectivity index (χ3v) is 2.09. The summed E-state index contributed by atoms with van der Waals surface area (Å²) in [7, 11) is 0. The van der Waals surface area contributed by atoms with E-state index < -0.39 is 10.9 Å². The van der Waals surface area contributed by atoms with Crippen molar-refractivity contribution >= 4 is 11.8 Å². The number of rotatable bonds is 1. The molecule has 2 rings (SSSR count). The molecule has 0 fully saturated rings. The van der Waals surface area contributed by atoms with Crippen molar-refractivity contribution < 1.29 is 19.8 Å². The van der Waals surface area contributed by atoms with E-state index in [1.807, 2.05) is 0 Å². The fourth-order valence-corrected chi connectivity index (χ4v) is 1.47. The van der Waals surface area contributed by atoms with Crippen molar-refractivity contribution in [2.24, 2.45) is 0 Å². The maximum atomic E-state index is 10.8. The van der Waals surface area contributed by atoms with E-state index in [9.17, 15) is 20.3 Å². The van der Waals surface area contributed by atoms with Crippen molar-refractivity contribution in [2.45, 2.75) is 13.8 Å². The highest BCUT2D eigenvalue weighted by Gasteiger charge is 2.33. The summed E-state index contributed by atoms with van der Waals surface area (Å²) < 4.78 is 1.67. The zero-order valence-electron chi connectivity index (χ0n) is 8.37. The Hall–Kier alpha value is -2.45. The minimum Gasteiger partial charge on any atom is -0.882 e. The first-order valence-electron chi connectivity index (χ1n) is 4.24. The highest BCUT2D eigenvalue weighted by atomic mass is 16.6. The lowest BCUT2D eigenvalue weighted by atomic mass is 10.5. The molecule has 0 aliphatic heterocycles. The molecule has 2 aromatic heterocycles. The zero-order valence-corrected chi connectivity index (χ0v) is 8.37. The Morgan fingerprint density at radius 2 is 2.00 bits per heavy atom. The fourth-order valence-electron chi connectivity index (χ4n) is 1.47. The molecule has 0 unspecified atom stereocenters. The Labute approximate surface area is 88.0 Å². The van der Waals surface area contributed by atoms with Crippen molar-refractivity contribution in [1.82, 2.24) is 14.8 Å². The van der Waals surface area contributed by atoms with E-state index in [4.69, 9.17) is 0 Å². The number of aromatic nitrogens is 4. The predicted molar refractivity (Wildman–Crippen MR) is 43.4 cm³/mol.